The van der Waals surface area contributed by atoms with Gasteiger partial charge in [0.25, 0.3) is 0 Å². The molecule has 0 amide bonds. The summed E-state index contributed by atoms with van der Waals surface area (Å²) in [5.74, 6) is -0.188. The summed E-state index contributed by atoms with van der Waals surface area (Å²) in [5, 5.41) is 8.59. The molecule has 5 heteroatoms. The summed E-state index contributed by atoms with van der Waals surface area (Å²) >= 11 is 0. The molecule has 0 rings (SSSR count). The number of aliphatic hydroxyl groups is 1. The molecule has 0 bridgehead atoms. The third-order valence-corrected chi connectivity index (χ3v) is 1.45. The summed E-state index contributed by atoms with van der Waals surface area (Å²) in [7, 11) is 0. The van der Waals surface area contributed by atoms with Crippen molar-refractivity contribution in [2.45, 2.75) is 19.5 Å². The lowest BCUT2D eigenvalue weighted by Crippen LogP contribution is -2.21. The summed E-state index contributed by atoms with van der Waals surface area (Å²) in [6.07, 6.45) is -3.65. The molecule has 0 saturated carbocycles. The van der Waals surface area contributed by atoms with Crippen molar-refractivity contribution in [3.8, 4) is 0 Å². The van der Waals surface area contributed by atoms with Gasteiger partial charge in [0.2, 0.25) is 0 Å². The highest BCUT2D eigenvalue weighted by atomic mass is 19.4. The molecule has 74 valence electrons. The van der Waals surface area contributed by atoms with Crippen molar-refractivity contribution in [1.29, 1.82) is 0 Å². The molecule has 0 fully saturated rings. The lowest BCUT2D eigenvalue weighted by Gasteiger charge is -2.12. The van der Waals surface area contributed by atoms with E-state index in [1.807, 2.05) is 0 Å². The zero-order valence-corrected chi connectivity index (χ0v) is 6.90. The van der Waals surface area contributed by atoms with Crippen LogP contribution in [0.25, 0.3) is 0 Å². The second-order valence-electron chi connectivity index (χ2n) is 2.59. The fraction of sp³-hybridized carbons (Fsp3) is 1.00. The fourth-order valence-electron chi connectivity index (χ4n) is 0.641. The van der Waals surface area contributed by atoms with Crippen molar-refractivity contribution in [2.24, 2.45) is 5.92 Å². The van der Waals surface area contributed by atoms with Gasteiger partial charge < -0.3 is 9.84 Å². The van der Waals surface area contributed by atoms with E-state index in [9.17, 15) is 13.2 Å². The Balaban J connectivity index is 3.41. The Hall–Kier alpha value is -0.290. The maximum Gasteiger partial charge on any atom is 0.411 e. The minimum absolute atomic E-state index is 0.0352. The van der Waals surface area contributed by atoms with Crippen LogP contribution in [0.5, 0.6) is 0 Å². The predicted octanol–water partition coefficient (Wildman–Crippen LogP) is 1.58. The Morgan fingerprint density at radius 2 is 2.00 bits per heavy atom. The Kier molecular flexibility index (Phi) is 5.24. The minimum atomic E-state index is -4.27. The molecule has 1 atom stereocenters. The van der Waals surface area contributed by atoms with Gasteiger partial charge in [-0.1, -0.05) is 6.92 Å². The van der Waals surface area contributed by atoms with Gasteiger partial charge in [0.1, 0.15) is 6.61 Å². The van der Waals surface area contributed by atoms with Gasteiger partial charge in [-0.05, 0) is 6.42 Å². The molecular weight excluding hydrogens is 173 g/mol. The van der Waals surface area contributed by atoms with Gasteiger partial charge in [-0.15, -0.1) is 0 Å². The predicted molar refractivity (Wildman–Crippen MR) is 37.7 cm³/mol. The summed E-state index contributed by atoms with van der Waals surface area (Å²) in [6.45, 7) is 0.391. The molecule has 0 heterocycles. The SMILES string of the molecule is CCC(CO)COCC(F)(F)F. The molecule has 0 spiro atoms. The highest BCUT2D eigenvalue weighted by Crippen LogP contribution is 2.15. The van der Waals surface area contributed by atoms with Gasteiger partial charge in [0.15, 0.2) is 0 Å². The normalized spacial score (nSPS) is 14.8. The van der Waals surface area contributed by atoms with E-state index in [0.29, 0.717) is 6.42 Å². The van der Waals surface area contributed by atoms with Crippen molar-refractivity contribution in [3.63, 3.8) is 0 Å². The summed E-state index contributed by atoms with van der Waals surface area (Å²) in [6, 6.07) is 0. The quantitative estimate of drug-likeness (QED) is 0.706. The first-order valence-corrected chi connectivity index (χ1v) is 3.75. The number of alkyl halides is 3. The molecule has 0 saturated heterocycles. The average Bonchev–Trinajstić information content (AvgIpc) is 1.96. The fourth-order valence-corrected chi connectivity index (χ4v) is 0.641. The number of ether oxygens (including phenoxy) is 1. The zero-order chi connectivity index (χ0) is 9.61. The molecule has 1 N–H and O–H groups in total. The Morgan fingerprint density at radius 1 is 1.42 bits per heavy atom. The average molecular weight is 186 g/mol. The smallest absolute Gasteiger partial charge is 0.396 e. The van der Waals surface area contributed by atoms with E-state index < -0.39 is 12.8 Å². The van der Waals surface area contributed by atoms with Crippen molar-refractivity contribution in [3.05, 3.63) is 0 Å². The molecule has 2 nitrogen and oxygen atoms in total. The second kappa shape index (κ2) is 5.37. The van der Waals surface area contributed by atoms with E-state index in [-0.39, 0.29) is 19.1 Å². The van der Waals surface area contributed by atoms with Crippen molar-refractivity contribution >= 4 is 0 Å². The molecule has 0 aliphatic rings. The molecule has 0 radical (unpaired) electrons. The molecule has 0 aromatic carbocycles. The van der Waals surface area contributed by atoms with E-state index in [0.717, 1.165) is 0 Å². The number of halogens is 3. The van der Waals surface area contributed by atoms with Gasteiger partial charge in [-0.25, -0.2) is 0 Å². The first kappa shape index (κ1) is 11.7. The largest absolute Gasteiger partial charge is 0.411 e. The van der Waals surface area contributed by atoms with Crippen LogP contribution in [0.1, 0.15) is 13.3 Å². The lowest BCUT2D eigenvalue weighted by atomic mass is 10.1. The van der Waals surface area contributed by atoms with E-state index in [1.165, 1.54) is 0 Å². The van der Waals surface area contributed by atoms with Gasteiger partial charge in [-0.3, -0.25) is 0 Å². The minimum Gasteiger partial charge on any atom is -0.396 e. The number of hydrogen-bond donors (Lipinski definition) is 1. The van der Waals surface area contributed by atoms with Crippen molar-refractivity contribution in [1.82, 2.24) is 0 Å². The van der Waals surface area contributed by atoms with E-state index in [1.54, 1.807) is 6.92 Å². The standard InChI is InChI=1S/C7H13F3O2/c1-2-6(3-11)4-12-5-7(8,9)10/h6,11H,2-5H2,1H3. The Morgan fingerprint density at radius 3 is 2.33 bits per heavy atom. The molecule has 0 aliphatic heterocycles. The topological polar surface area (TPSA) is 29.5 Å². The molecule has 1 unspecified atom stereocenters. The first-order chi connectivity index (χ1) is 5.49. The second-order valence-corrected chi connectivity index (χ2v) is 2.59. The van der Waals surface area contributed by atoms with Crippen LogP contribution in [0.15, 0.2) is 0 Å². The van der Waals surface area contributed by atoms with E-state index in [2.05, 4.69) is 4.74 Å². The summed E-state index contributed by atoms with van der Waals surface area (Å²) in [5.41, 5.74) is 0. The van der Waals surface area contributed by atoms with Crippen LogP contribution in [-0.4, -0.2) is 31.1 Å². The number of rotatable bonds is 5. The highest BCUT2D eigenvalue weighted by Gasteiger charge is 2.27. The number of aliphatic hydroxyl groups excluding tert-OH is 1. The monoisotopic (exact) mass is 186 g/mol. The highest BCUT2D eigenvalue weighted by molar-refractivity contribution is 4.54. The van der Waals surface area contributed by atoms with E-state index in [4.69, 9.17) is 5.11 Å². The van der Waals surface area contributed by atoms with Gasteiger partial charge in [0.05, 0.1) is 6.61 Å². The van der Waals surface area contributed by atoms with Crippen LogP contribution < -0.4 is 0 Å². The zero-order valence-electron chi connectivity index (χ0n) is 6.90. The van der Waals surface area contributed by atoms with Gasteiger partial charge in [0, 0.05) is 12.5 Å². The lowest BCUT2D eigenvalue weighted by molar-refractivity contribution is -0.177. The van der Waals surface area contributed by atoms with E-state index >= 15 is 0 Å². The third-order valence-electron chi connectivity index (χ3n) is 1.45. The number of hydrogen-bond acceptors (Lipinski definition) is 2. The molecule has 0 aliphatic carbocycles. The van der Waals surface area contributed by atoms with Crippen LogP contribution in [0.4, 0.5) is 13.2 Å². The summed E-state index contributed by atoms with van der Waals surface area (Å²) in [4.78, 5) is 0. The Labute approximate surface area is 69.3 Å². The molecular formula is C7H13F3O2. The van der Waals surface area contributed by atoms with Crippen molar-refractivity contribution in [2.75, 3.05) is 19.8 Å². The van der Waals surface area contributed by atoms with Crippen LogP contribution in [0.2, 0.25) is 0 Å². The first-order valence-electron chi connectivity index (χ1n) is 3.75. The maximum absolute atomic E-state index is 11.5. The maximum atomic E-state index is 11.5. The van der Waals surface area contributed by atoms with Gasteiger partial charge >= 0.3 is 6.18 Å². The van der Waals surface area contributed by atoms with Crippen LogP contribution >= 0.6 is 0 Å². The van der Waals surface area contributed by atoms with Crippen LogP contribution in [0, 0.1) is 5.92 Å². The Bertz CT molecular complexity index is 110. The molecule has 12 heavy (non-hydrogen) atoms. The van der Waals surface area contributed by atoms with Crippen LogP contribution in [-0.2, 0) is 4.74 Å². The van der Waals surface area contributed by atoms with Crippen molar-refractivity contribution < 1.29 is 23.0 Å². The molecule has 0 aromatic rings. The van der Waals surface area contributed by atoms with Crippen LogP contribution in [0.3, 0.4) is 0 Å². The summed E-state index contributed by atoms with van der Waals surface area (Å²) < 4.78 is 38.9. The third kappa shape index (κ3) is 6.42. The molecule has 0 aromatic heterocycles. The van der Waals surface area contributed by atoms with Gasteiger partial charge in [-0.2, -0.15) is 13.2 Å².